The fourth-order valence-corrected chi connectivity index (χ4v) is 4.51. The van der Waals surface area contributed by atoms with Crippen molar-refractivity contribution in [1.29, 1.82) is 0 Å². The maximum Gasteiger partial charge on any atom is 0.345 e. The second kappa shape index (κ2) is 7.72. The number of carboxylic acid groups (broad SMARTS) is 1. The molecule has 2 unspecified atom stereocenters. The topological polar surface area (TPSA) is 96.9 Å². The highest BCUT2D eigenvalue weighted by atomic mass is 35.5. The van der Waals surface area contributed by atoms with Crippen LogP contribution in [-0.4, -0.2) is 59.3 Å². The van der Waals surface area contributed by atoms with Crippen molar-refractivity contribution >= 4 is 24.1 Å². The molecule has 0 spiro atoms. The Morgan fingerprint density at radius 1 is 1.31 bits per heavy atom. The summed E-state index contributed by atoms with van der Waals surface area (Å²) in [6.45, 7) is 3.93. The molecule has 29 heavy (non-hydrogen) atoms. The Morgan fingerprint density at radius 3 is 2.66 bits per heavy atom. The molecule has 1 aromatic carbocycles. The molecule has 156 valence electrons. The number of aromatic amines is 1. The average Bonchev–Trinajstić information content (AvgIpc) is 3.11. The van der Waals surface area contributed by atoms with Gasteiger partial charge in [0.2, 0.25) is 0 Å². The summed E-state index contributed by atoms with van der Waals surface area (Å²) >= 11 is 0. The van der Waals surface area contributed by atoms with Crippen molar-refractivity contribution in [2.45, 2.75) is 31.7 Å². The number of hydrogen-bond donors (Lipinski definition) is 3. The quantitative estimate of drug-likeness (QED) is 0.707. The van der Waals surface area contributed by atoms with E-state index < -0.39 is 22.8 Å². The van der Waals surface area contributed by atoms with E-state index in [9.17, 15) is 19.8 Å². The van der Waals surface area contributed by atoms with Crippen LogP contribution in [0.25, 0.3) is 11.3 Å². The van der Waals surface area contributed by atoms with E-state index in [1.807, 2.05) is 19.1 Å². The molecule has 0 radical (unpaired) electrons. The van der Waals surface area contributed by atoms with E-state index in [0.29, 0.717) is 23.7 Å². The molecule has 2 aliphatic rings. The number of hydrogen-bond acceptors (Lipinski definition) is 5. The SMILES string of the molecule is CC1Cc2cc(N3CCC(N(C)C)C3)ccc2-c2[nH]c(=O)c(C(=O)O)c(O)c21.Cl. The number of halogens is 1. The minimum absolute atomic E-state index is 0. The van der Waals surface area contributed by atoms with Crippen molar-refractivity contribution < 1.29 is 15.0 Å². The summed E-state index contributed by atoms with van der Waals surface area (Å²) in [7, 11) is 4.21. The van der Waals surface area contributed by atoms with Gasteiger partial charge in [-0.2, -0.15) is 0 Å². The van der Waals surface area contributed by atoms with E-state index in [-0.39, 0.29) is 18.3 Å². The van der Waals surface area contributed by atoms with E-state index in [0.717, 1.165) is 36.3 Å². The van der Waals surface area contributed by atoms with Crippen LogP contribution in [0, 0.1) is 0 Å². The zero-order chi connectivity index (χ0) is 20.2. The molecule has 7 nitrogen and oxygen atoms in total. The van der Waals surface area contributed by atoms with Gasteiger partial charge in [0.05, 0.1) is 5.69 Å². The van der Waals surface area contributed by atoms with Crippen LogP contribution in [0.4, 0.5) is 5.69 Å². The third kappa shape index (κ3) is 3.49. The molecule has 2 heterocycles. The molecular weight excluding hydrogens is 394 g/mol. The van der Waals surface area contributed by atoms with Crippen LogP contribution in [0.15, 0.2) is 23.0 Å². The molecule has 1 fully saturated rings. The lowest BCUT2D eigenvalue weighted by Crippen LogP contribution is -2.31. The number of fused-ring (bicyclic) bond motifs is 3. The van der Waals surface area contributed by atoms with E-state index in [1.54, 1.807) is 0 Å². The first-order chi connectivity index (χ1) is 13.3. The molecule has 0 bridgehead atoms. The van der Waals surface area contributed by atoms with Crippen LogP contribution in [0.1, 0.15) is 40.7 Å². The lowest BCUT2D eigenvalue weighted by molar-refractivity contribution is 0.0691. The predicted octanol–water partition coefficient (Wildman–Crippen LogP) is 2.67. The Hall–Kier alpha value is -2.51. The van der Waals surface area contributed by atoms with E-state index in [1.165, 1.54) is 0 Å². The number of carboxylic acids is 1. The highest BCUT2D eigenvalue weighted by Crippen LogP contribution is 2.44. The number of nitrogens with one attached hydrogen (secondary N) is 1. The fraction of sp³-hybridized carbons (Fsp3) is 0.429. The second-order valence-electron chi connectivity index (χ2n) is 8.07. The van der Waals surface area contributed by atoms with Crippen LogP contribution >= 0.6 is 12.4 Å². The van der Waals surface area contributed by atoms with Gasteiger partial charge in [-0.3, -0.25) is 4.79 Å². The second-order valence-corrected chi connectivity index (χ2v) is 8.07. The Kier molecular flexibility index (Phi) is 5.65. The van der Waals surface area contributed by atoms with Gasteiger partial charge in [0.15, 0.2) is 5.56 Å². The summed E-state index contributed by atoms with van der Waals surface area (Å²) in [6, 6.07) is 6.71. The smallest absolute Gasteiger partial charge is 0.345 e. The van der Waals surface area contributed by atoms with Crippen LogP contribution in [0.2, 0.25) is 0 Å². The lowest BCUT2D eigenvalue weighted by atomic mass is 9.81. The number of likely N-dealkylation sites (N-methyl/N-ethyl adjacent to an activating group) is 1. The number of benzene rings is 1. The largest absolute Gasteiger partial charge is 0.506 e. The summed E-state index contributed by atoms with van der Waals surface area (Å²) < 4.78 is 0. The minimum atomic E-state index is -1.42. The summed E-state index contributed by atoms with van der Waals surface area (Å²) in [5.74, 6) is -1.93. The number of carbonyl (C=O) groups is 1. The number of pyridine rings is 1. The van der Waals surface area contributed by atoms with Gasteiger partial charge in [-0.15, -0.1) is 12.4 Å². The molecule has 2 atom stereocenters. The Morgan fingerprint density at radius 2 is 2.03 bits per heavy atom. The zero-order valence-corrected chi connectivity index (χ0v) is 17.5. The minimum Gasteiger partial charge on any atom is -0.506 e. The van der Waals surface area contributed by atoms with E-state index in [2.05, 4.69) is 34.9 Å². The molecule has 3 N–H and O–H groups in total. The van der Waals surface area contributed by atoms with Crippen molar-refractivity contribution in [3.05, 3.63) is 45.2 Å². The predicted molar refractivity (Wildman–Crippen MR) is 115 cm³/mol. The van der Waals surface area contributed by atoms with E-state index >= 15 is 0 Å². The number of anilines is 1. The Labute approximate surface area is 175 Å². The number of H-pyrrole nitrogens is 1. The molecule has 2 aromatic rings. The van der Waals surface area contributed by atoms with Gasteiger partial charge < -0.3 is 25.0 Å². The Balaban J connectivity index is 0.00000240. The molecule has 0 amide bonds. The standard InChI is InChI=1S/C21H25N3O4.ClH/c1-11-8-12-9-13(24-7-6-14(10-24)23(2)3)4-5-15(12)18-16(11)19(25)17(21(27)28)20(26)22-18;/h4-5,9,11,14H,6-8,10H2,1-3H3,(H,27,28)(H2,22,25,26);1H. The summed E-state index contributed by atoms with van der Waals surface area (Å²) in [6.07, 6.45) is 1.81. The first-order valence-corrected chi connectivity index (χ1v) is 9.55. The van der Waals surface area contributed by atoms with Gasteiger partial charge in [-0.1, -0.05) is 13.0 Å². The third-order valence-electron chi connectivity index (χ3n) is 6.08. The fourth-order valence-electron chi connectivity index (χ4n) is 4.51. The first kappa shape index (κ1) is 21.2. The van der Waals surface area contributed by atoms with E-state index in [4.69, 9.17) is 0 Å². The van der Waals surface area contributed by atoms with Crippen LogP contribution in [0.5, 0.6) is 5.75 Å². The first-order valence-electron chi connectivity index (χ1n) is 9.55. The maximum atomic E-state index is 12.2. The van der Waals surface area contributed by atoms with Crippen molar-refractivity contribution in [3.63, 3.8) is 0 Å². The number of aromatic hydroxyl groups is 1. The summed E-state index contributed by atoms with van der Waals surface area (Å²) in [5, 5.41) is 19.7. The van der Waals surface area contributed by atoms with Crippen molar-refractivity contribution in [3.8, 4) is 17.0 Å². The molecule has 1 aromatic heterocycles. The van der Waals surface area contributed by atoms with Gasteiger partial charge in [0.25, 0.3) is 5.56 Å². The number of nitrogens with zero attached hydrogens (tertiary/aromatic N) is 2. The van der Waals surface area contributed by atoms with Gasteiger partial charge in [0.1, 0.15) is 5.75 Å². The highest BCUT2D eigenvalue weighted by molar-refractivity contribution is 5.92. The molecule has 1 saturated heterocycles. The van der Waals surface area contributed by atoms with Crippen LogP contribution < -0.4 is 10.5 Å². The summed E-state index contributed by atoms with van der Waals surface area (Å²) in [4.78, 5) is 30.9. The maximum absolute atomic E-state index is 12.2. The number of aromatic nitrogens is 1. The van der Waals surface area contributed by atoms with Gasteiger partial charge >= 0.3 is 5.97 Å². The van der Waals surface area contributed by atoms with Crippen molar-refractivity contribution in [2.24, 2.45) is 0 Å². The van der Waals surface area contributed by atoms with Crippen molar-refractivity contribution in [1.82, 2.24) is 9.88 Å². The normalized spacial score (nSPS) is 20.2. The molecule has 8 heteroatoms. The monoisotopic (exact) mass is 419 g/mol. The molecule has 1 aliphatic carbocycles. The number of rotatable bonds is 3. The molecule has 0 saturated carbocycles. The Bertz CT molecular complexity index is 1020. The van der Waals surface area contributed by atoms with Crippen LogP contribution in [0.3, 0.4) is 0 Å². The van der Waals surface area contributed by atoms with Gasteiger partial charge in [-0.25, -0.2) is 4.79 Å². The van der Waals surface area contributed by atoms with Gasteiger partial charge in [0, 0.05) is 35.9 Å². The lowest BCUT2D eigenvalue weighted by Gasteiger charge is -2.28. The highest BCUT2D eigenvalue weighted by Gasteiger charge is 2.31. The summed E-state index contributed by atoms with van der Waals surface area (Å²) in [5.41, 5.74) is 2.78. The molecular formula is C21H26ClN3O4. The number of aromatic carboxylic acids is 1. The molecule has 4 rings (SSSR count). The third-order valence-corrected chi connectivity index (χ3v) is 6.08. The van der Waals surface area contributed by atoms with Crippen LogP contribution in [-0.2, 0) is 6.42 Å². The average molecular weight is 420 g/mol. The zero-order valence-electron chi connectivity index (χ0n) is 16.7. The molecule has 1 aliphatic heterocycles. The van der Waals surface area contributed by atoms with Gasteiger partial charge in [-0.05, 0) is 50.6 Å². The van der Waals surface area contributed by atoms with Crippen molar-refractivity contribution in [2.75, 3.05) is 32.1 Å².